The van der Waals surface area contributed by atoms with Gasteiger partial charge in [0.15, 0.2) is 0 Å². The van der Waals surface area contributed by atoms with Crippen LogP contribution >= 0.6 is 11.8 Å². The lowest BCUT2D eigenvalue weighted by Crippen LogP contribution is -2.34. The third-order valence-corrected chi connectivity index (χ3v) is 5.48. The summed E-state index contributed by atoms with van der Waals surface area (Å²) in [5, 5.41) is 0. The van der Waals surface area contributed by atoms with Crippen molar-refractivity contribution in [3.8, 4) is 0 Å². The topological polar surface area (TPSA) is 40.6 Å². The van der Waals surface area contributed by atoms with Crippen molar-refractivity contribution in [2.24, 2.45) is 5.92 Å². The van der Waals surface area contributed by atoms with Gasteiger partial charge in [-0.25, -0.2) is 0 Å². The van der Waals surface area contributed by atoms with E-state index >= 15 is 0 Å². The number of likely N-dealkylation sites (tertiary alicyclic amines) is 1. The minimum Gasteiger partial charge on any atom is -0.341 e. The Balaban J connectivity index is 1.58. The predicted octanol–water partition coefficient (Wildman–Crippen LogP) is 3.42. The second-order valence-electron chi connectivity index (χ2n) is 6.70. The van der Waals surface area contributed by atoms with Crippen LogP contribution in [0.2, 0.25) is 0 Å². The molecule has 0 aromatic heterocycles. The zero-order chi connectivity index (χ0) is 18.5. The van der Waals surface area contributed by atoms with E-state index in [1.807, 2.05) is 43.6 Å². The number of carbonyl (C=O) groups is 2. The summed E-state index contributed by atoms with van der Waals surface area (Å²) in [7, 11) is 1.81. The van der Waals surface area contributed by atoms with Crippen LogP contribution in [0.15, 0.2) is 59.5 Å². The Morgan fingerprint density at radius 3 is 2.46 bits per heavy atom. The fraction of sp³-hybridized carbons (Fsp3) is 0.333. The first-order valence-corrected chi connectivity index (χ1v) is 9.99. The van der Waals surface area contributed by atoms with Crippen molar-refractivity contribution in [3.05, 3.63) is 65.7 Å². The number of amides is 2. The second kappa shape index (κ2) is 8.41. The van der Waals surface area contributed by atoms with E-state index in [4.69, 9.17) is 0 Å². The average molecular weight is 369 g/mol. The molecule has 2 aromatic carbocycles. The van der Waals surface area contributed by atoms with E-state index in [0.29, 0.717) is 26.1 Å². The molecule has 1 heterocycles. The first-order chi connectivity index (χ1) is 12.6. The lowest BCUT2D eigenvalue weighted by atomic mass is 10.1. The van der Waals surface area contributed by atoms with Crippen molar-refractivity contribution in [1.29, 1.82) is 0 Å². The molecule has 1 unspecified atom stereocenters. The van der Waals surface area contributed by atoms with E-state index in [0.717, 1.165) is 11.1 Å². The highest BCUT2D eigenvalue weighted by atomic mass is 32.2. The lowest BCUT2D eigenvalue weighted by molar-refractivity contribution is -0.135. The van der Waals surface area contributed by atoms with Gasteiger partial charge in [0.2, 0.25) is 11.8 Å². The van der Waals surface area contributed by atoms with Crippen molar-refractivity contribution >= 4 is 23.6 Å². The van der Waals surface area contributed by atoms with Gasteiger partial charge in [-0.15, -0.1) is 11.8 Å². The molecular weight excluding hydrogens is 344 g/mol. The Labute approximate surface area is 159 Å². The van der Waals surface area contributed by atoms with Crippen LogP contribution in [0.1, 0.15) is 17.5 Å². The van der Waals surface area contributed by atoms with Crippen LogP contribution in [0, 0.1) is 5.92 Å². The van der Waals surface area contributed by atoms with Crippen molar-refractivity contribution in [1.82, 2.24) is 9.80 Å². The maximum absolute atomic E-state index is 12.8. The van der Waals surface area contributed by atoms with Crippen LogP contribution in [0.3, 0.4) is 0 Å². The molecule has 1 saturated heterocycles. The minimum absolute atomic E-state index is 0.0443. The van der Waals surface area contributed by atoms with Crippen molar-refractivity contribution in [2.75, 3.05) is 19.8 Å². The summed E-state index contributed by atoms with van der Waals surface area (Å²) in [4.78, 5) is 29.8. The Morgan fingerprint density at radius 2 is 1.81 bits per heavy atom. The van der Waals surface area contributed by atoms with Crippen LogP contribution in [0.4, 0.5) is 0 Å². The molecule has 2 amide bonds. The highest BCUT2D eigenvalue weighted by Gasteiger charge is 2.35. The van der Waals surface area contributed by atoms with Gasteiger partial charge in [-0.3, -0.25) is 9.59 Å². The fourth-order valence-corrected chi connectivity index (χ4v) is 3.70. The van der Waals surface area contributed by atoms with Crippen LogP contribution < -0.4 is 0 Å². The van der Waals surface area contributed by atoms with Crippen molar-refractivity contribution in [3.63, 3.8) is 0 Å². The number of thioether (sulfide) groups is 1. The maximum atomic E-state index is 12.8. The summed E-state index contributed by atoms with van der Waals surface area (Å²) in [6, 6.07) is 18.2. The van der Waals surface area contributed by atoms with Crippen molar-refractivity contribution < 1.29 is 9.59 Å². The quantitative estimate of drug-likeness (QED) is 0.734. The largest absolute Gasteiger partial charge is 0.341 e. The molecule has 0 saturated carbocycles. The molecule has 136 valence electrons. The van der Waals surface area contributed by atoms with E-state index in [9.17, 15) is 9.59 Å². The molecule has 0 N–H and O–H groups in total. The zero-order valence-electron chi connectivity index (χ0n) is 15.2. The van der Waals surface area contributed by atoms with Crippen LogP contribution in [0.5, 0.6) is 0 Å². The Bertz CT molecular complexity index is 761. The Hall–Kier alpha value is -2.27. The van der Waals surface area contributed by atoms with Gasteiger partial charge in [0.25, 0.3) is 0 Å². The van der Waals surface area contributed by atoms with Crippen LogP contribution in [-0.2, 0) is 22.7 Å². The highest BCUT2D eigenvalue weighted by molar-refractivity contribution is 7.98. The van der Waals surface area contributed by atoms with E-state index in [-0.39, 0.29) is 17.7 Å². The van der Waals surface area contributed by atoms with Gasteiger partial charge in [0.05, 0.1) is 5.92 Å². The smallest absolute Gasteiger partial charge is 0.228 e. The molecule has 1 aliphatic rings. The lowest BCUT2D eigenvalue weighted by Gasteiger charge is -2.21. The summed E-state index contributed by atoms with van der Waals surface area (Å²) in [6.45, 7) is 1.64. The third kappa shape index (κ3) is 4.47. The Morgan fingerprint density at radius 1 is 1.12 bits per heavy atom. The highest BCUT2D eigenvalue weighted by Crippen LogP contribution is 2.23. The first-order valence-electron chi connectivity index (χ1n) is 8.76. The predicted molar refractivity (Wildman–Crippen MR) is 105 cm³/mol. The molecule has 0 aliphatic carbocycles. The van der Waals surface area contributed by atoms with E-state index in [1.54, 1.807) is 21.6 Å². The molecule has 26 heavy (non-hydrogen) atoms. The molecular formula is C21H24N2O2S. The van der Waals surface area contributed by atoms with Gasteiger partial charge in [0.1, 0.15) is 0 Å². The fourth-order valence-electron chi connectivity index (χ4n) is 3.29. The molecule has 5 heteroatoms. The van der Waals surface area contributed by atoms with Gasteiger partial charge in [0, 0.05) is 38.0 Å². The molecule has 3 rings (SSSR count). The normalized spacial score (nSPS) is 16.8. The zero-order valence-corrected chi connectivity index (χ0v) is 16.0. The van der Waals surface area contributed by atoms with Gasteiger partial charge in [-0.1, -0.05) is 42.5 Å². The number of rotatable bonds is 6. The number of benzene rings is 2. The molecule has 4 nitrogen and oxygen atoms in total. The summed E-state index contributed by atoms with van der Waals surface area (Å²) >= 11 is 1.70. The number of hydrogen-bond donors (Lipinski definition) is 0. The molecule has 0 spiro atoms. The summed E-state index contributed by atoms with van der Waals surface area (Å²) in [6.07, 6.45) is 2.35. The molecule has 2 aromatic rings. The number of carbonyl (C=O) groups excluding carboxylic acids is 2. The molecule has 1 fully saturated rings. The standard InChI is InChI=1S/C21H24N2O2S/c1-22(13-17-8-10-19(26-2)11-9-17)21(25)18-12-20(24)23(15-18)14-16-6-4-3-5-7-16/h3-11,18H,12-15H2,1-2H3. The maximum Gasteiger partial charge on any atom is 0.228 e. The van der Waals surface area contributed by atoms with Gasteiger partial charge in [-0.2, -0.15) is 0 Å². The second-order valence-corrected chi connectivity index (χ2v) is 7.58. The van der Waals surface area contributed by atoms with Gasteiger partial charge < -0.3 is 9.80 Å². The third-order valence-electron chi connectivity index (χ3n) is 4.74. The van der Waals surface area contributed by atoms with E-state index < -0.39 is 0 Å². The molecule has 1 aliphatic heterocycles. The summed E-state index contributed by atoms with van der Waals surface area (Å²) < 4.78 is 0. The number of hydrogen-bond acceptors (Lipinski definition) is 3. The first kappa shape index (κ1) is 18.5. The average Bonchev–Trinajstić information content (AvgIpc) is 3.03. The van der Waals surface area contributed by atoms with Gasteiger partial charge >= 0.3 is 0 Å². The monoisotopic (exact) mass is 368 g/mol. The summed E-state index contributed by atoms with van der Waals surface area (Å²) in [5.74, 6) is -0.144. The van der Waals surface area contributed by atoms with Crippen LogP contribution in [0.25, 0.3) is 0 Å². The summed E-state index contributed by atoms with van der Waals surface area (Å²) in [5.41, 5.74) is 2.19. The minimum atomic E-state index is -0.248. The molecule has 1 atom stereocenters. The van der Waals surface area contributed by atoms with Crippen molar-refractivity contribution in [2.45, 2.75) is 24.4 Å². The van der Waals surface area contributed by atoms with Crippen LogP contribution in [-0.4, -0.2) is 41.5 Å². The molecule has 0 bridgehead atoms. The van der Waals surface area contributed by atoms with Gasteiger partial charge in [-0.05, 0) is 29.5 Å². The Kier molecular flexibility index (Phi) is 5.99. The number of nitrogens with zero attached hydrogens (tertiary/aromatic N) is 2. The SMILES string of the molecule is CSc1ccc(CN(C)C(=O)C2CC(=O)N(Cc3ccccc3)C2)cc1. The molecule has 0 radical (unpaired) electrons. The van der Waals surface area contributed by atoms with E-state index in [1.165, 1.54) is 4.90 Å². The van der Waals surface area contributed by atoms with E-state index in [2.05, 4.69) is 24.3 Å².